The van der Waals surface area contributed by atoms with Crippen LogP contribution in [0, 0.1) is 13.8 Å². The van der Waals surface area contributed by atoms with E-state index in [1.807, 2.05) is 18.2 Å². The van der Waals surface area contributed by atoms with Crippen molar-refractivity contribution >= 4 is 17.8 Å². The van der Waals surface area contributed by atoms with Gasteiger partial charge >= 0.3 is 11.9 Å². The number of benzene rings is 1. The van der Waals surface area contributed by atoms with Gasteiger partial charge in [-0.3, -0.25) is 4.79 Å². The lowest BCUT2D eigenvalue weighted by Gasteiger charge is -2.27. The van der Waals surface area contributed by atoms with Gasteiger partial charge in [-0.25, -0.2) is 9.59 Å². The molecule has 0 aliphatic heterocycles. The van der Waals surface area contributed by atoms with Gasteiger partial charge in [0, 0.05) is 5.69 Å². The summed E-state index contributed by atoms with van der Waals surface area (Å²) in [6.45, 7) is 6.83. The molecule has 1 aliphatic carbocycles. The monoisotopic (exact) mass is 412 g/mol. The number of aromatic nitrogens is 1. The molecule has 30 heavy (non-hydrogen) atoms. The standard InChI is InChI=1S/C23H28N2O5/c1-5-29-22(27)19-13(2)20(24-14(19)3)23(28)30-15(4)21(26)25-18-12-8-10-16-9-6-7-11-17(16)18/h6-7,9,11,15,18,24H,5,8,10,12H2,1-4H3,(H,25,26)/t15-,18-/m0/s1. The number of aryl methyl sites for hydroxylation is 2. The van der Waals surface area contributed by atoms with E-state index in [1.165, 1.54) is 5.56 Å². The summed E-state index contributed by atoms with van der Waals surface area (Å²) in [4.78, 5) is 40.3. The molecule has 7 nitrogen and oxygen atoms in total. The Hall–Kier alpha value is -3.09. The summed E-state index contributed by atoms with van der Waals surface area (Å²) >= 11 is 0. The first kappa shape index (κ1) is 21.6. The first-order valence-corrected chi connectivity index (χ1v) is 10.3. The molecule has 1 heterocycles. The van der Waals surface area contributed by atoms with Crippen LogP contribution in [0.2, 0.25) is 0 Å². The van der Waals surface area contributed by atoms with Gasteiger partial charge in [0.05, 0.1) is 18.2 Å². The van der Waals surface area contributed by atoms with Gasteiger partial charge in [-0.1, -0.05) is 24.3 Å². The summed E-state index contributed by atoms with van der Waals surface area (Å²) < 4.78 is 10.4. The molecule has 1 aliphatic rings. The van der Waals surface area contributed by atoms with Gasteiger partial charge in [0.25, 0.3) is 5.91 Å². The quantitative estimate of drug-likeness (QED) is 0.707. The molecule has 0 unspecified atom stereocenters. The average molecular weight is 412 g/mol. The molecular weight excluding hydrogens is 384 g/mol. The summed E-state index contributed by atoms with van der Waals surface area (Å²) in [5, 5.41) is 3.00. The fourth-order valence-electron chi connectivity index (χ4n) is 3.93. The number of amides is 1. The molecule has 1 aromatic heterocycles. The number of hydrogen-bond acceptors (Lipinski definition) is 5. The Bertz CT molecular complexity index is 962. The maximum absolute atomic E-state index is 12.7. The highest BCUT2D eigenvalue weighted by molar-refractivity contribution is 5.99. The van der Waals surface area contributed by atoms with Crippen molar-refractivity contribution in [2.75, 3.05) is 6.61 Å². The number of fused-ring (bicyclic) bond motifs is 1. The lowest BCUT2D eigenvalue weighted by Crippen LogP contribution is -2.39. The molecule has 0 spiro atoms. The van der Waals surface area contributed by atoms with Crippen molar-refractivity contribution in [3.05, 3.63) is 57.9 Å². The van der Waals surface area contributed by atoms with Crippen LogP contribution in [0.3, 0.4) is 0 Å². The number of esters is 2. The van der Waals surface area contributed by atoms with Crippen LogP contribution in [0.1, 0.15) is 76.0 Å². The second-order valence-electron chi connectivity index (χ2n) is 7.55. The van der Waals surface area contributed by atoms with E-state index in [4.69, 9.17) is 9.47 Å². The molecule has 160 valence electrons. The molecular formula is C23H28N2O5. The van der Waals surface area contributed by atoms with Gasteiger partial charge in [-0.15, -0.1) is 0 Å². The Kier molecular flexibility index (Phi) is 6.59. The molecule has 2 aromatic rings. The Morgan fingerprint density at radius 1 is 1.20 bits per heavy atom. The van der Waals surface area contributed by atoms with E-state index in [1.54, 1.807) is 27.7 Å². The van der Waals surface area contributed by atoms with Gasteiger partial charge in [0.2, 0.25) is 0 Å². The largest absolute Gasteiger partial charge is 0.462 e. The van der Waals surface area contributed by atoms with Crippen molar-refractivity contribution in [3.63, 3.8) is 0 Å². The predicted molar refractivity (Wildman–Crippen MR) is 111 cm³/mol. The van der Waals surface area contributed by atoms with Crippen molar-refractivity contribution in [2.24, 2.45) is 0 Å². The molecule has 0 fully saturated rings. The molecule has 2 N–H and O–H groups in total. The molecule has 0 radical (unpaired) electrons. The van der Waals surface area contributed by atoms with Crippen LogP contribution in [0.4, 0.5) is 0 Å². The molecule has 0 saturated carbocycles. The molecule has 2 atom stereocenters. The maximum Gasteiger partial charge on any atom is 0.355 e. The van der Waals surface area contributed by atoms with Gasteiger partial charge in [-0.05, 0) is 63.6 Å². The van der Waals surface area contributed by atoms with Crippen LogP contribution in [0.5, 0.6) is 0 Å². The van der Waals surface area contributed by atoms with Crippen molar-refractivity contribution in [1.82, 2.24) is 10.3 Å². The fourth-order valence-corrected chi connectivity index (χ4v) is 3.93. The zero-order valence-electron chi connectivity index (χ0n) is 17.8. The number of carbonyl (C=O) groups is 3. The average Bonchev–Trinajstić information content (AvgIpc) is 3.02. The van der Waals surface area contributed by atoms with Crippen molar-refractivity contribution in [1.29, 1.82) is 0 Å². The van der Waals surface area contributed by atoms with Crippen LogP contribution < -0.4 is 5.32 Å². The minimum atomic E-state index is -0.972. The maximum atomic E-state index is 12.7. The Morgan fingerprint density at radius 3 is 2.67 bits per heavy atom. The van der Waals surface area contributed by atoms with Gasteiger partial charge in [0.15, 0.2) is 6.10 Å². The summed E-state index contributed by atoms with van der Waals surface area (Å²) in [5.74, 6) is -1.53. The highest BCUT2D eigenvalue weighted by Gasteiger charge is 2.28. The number of nitrogens with one attached hydrogen (secondary N) is 2. The van der Waals surface area contributed by atoms with Gasteiger partial charge < -0.3 is 19.8 Å². The minimum absolute atomic E-state index is 0.0894. The van der Waals surface area contributed by atoms with Crippen LogP contribution in [-0.4, -0.2) is 35.5 Å². The Morgan fingerprint density at radius 2 is 1.93 bits per heavy atom. The van der Waals surface area contributed by atoms with E-state index in [0.717, 1.165) is 24.8 Å². The number of H-pyrrole nitrogens is 1. The Labute approximate surface area is 176 Å². The van der Waals surface area contributed by atoms with Crippen LogP contribution in [0.15, 0.2) is 24.3 Å². The number of carbonyl (C=O) groups excluding carboxylic acids is 3. The SMILES string of the molecule is CCOC(=O)c1c(C)[nH]c(C(=O)O[C@@H](C)C(=O)N[C@H]2CCCc3ccccc32)c1C. The Balaban J connectivity index is 1.67. The summed E-state index contributed by atoms with van der Waals surface area (Å²) in [6.07, 6.45) is 1.87. The first-order chi connectivity index (χ1) is 14.3. The van der Waals surface area contributed by atoms with E-state index < -0.39 is 18.0 Å². The topological polar surface area (TPSA) is 97.5 Å². The number of hydrogen-bond donors (Lipinski definition) is 2. The van der Waals surface area contributed by atoms with Crippen LogP contribution in [0.25, 0.3) is 0 Å². The van der Waals surface area contributed by atoms with Crippen molar-refractivity contribution < 1.29 is 23.9 Å². The van der Waals surface area contributed by atoms with E-state index in [2.05, 4.69) is 16.4 Å². The normalized spacial score (nSPS) is 16.3. The zero-order chi connectivity index (χ0) is 21.8. The van der Waals surface area contributed by atoms with E-state index in [-0.39, 0.29) is 24.2 Å². The number of ether oxygens (including phenoxy) is 2. The third kappa shape index (κ3) is 4.40. The van der Waals surface area contributed by atoms with Gasteiger partial charge in [0.1, 0.15) is 5.69 Å². The highest BCUT2D eigenvalue weighted by Crippen LogP contribution is 2.29. The smallest absolute Gasteiger partial charge is 0.355 e. The first-order valence-electron chi connectivity index (χ1n) is 10.3. The van der Waals surface area contributed by atoms with Gasteiger partial charge in [-0.2, -0.15) is 0 Å². The third-order valence-electron chi connectivity index (χ3n) is 5.46. The van der Waals surface area contributed by atoms with E-state index >= 15 is 0 Å². The summed E-state index contributed by atoms with van der Waals surface area (Å²) in [6, 6.07) is 7.98. The van der Waals surface area contributed by atoms with Crippen molar-refractivity contribution in [3.8, 4) is 0 Å². The summed E-state index contributed by atoms with van der Waals surface area (Å²) in [7, 11) is 0. The van der Waals surface area contributed by atoms with Crippen LogP contribution in [-0.2, 0) is 20.7 Å². The van der Waals surface area contributed by atoms with E-state index in [0.29, 0.717) is 16.8 Å². The minimum Gasteiger partial charge on any atom is -0.462 e. The van der Waals surface area contributed by atoms with Crippen molar-refractivity contribution in [2.45, 2.75) is 59.1 Å². The lowest BCUT2D eigenvalue weighted by atomic mass is 9.87. The molecule has 7 heteroatoms. The van der Waals surface area contributed by atoms with Crippen LogP contribution >= 0.6 is 0 Å². The van der Waals surface area contributed by atoms with E-state index in [9.17, 15) is 14.4 Å². The number of aromatic amines is 1. The summed E-state index contributed by atoms with van der Waals surface area (Å²) in [5.41, 5.74) is 3.80. The second-order valence-corrected chi connectivity index (χ2v) is 7.55. The zero-order valence-corrected chi connectivity index (χ0v) is 17.8. The predicted octanol–water partition coefficient (Wildman–Crippen LogP) is 3.55. The fraction of sp³-hybridized carbons (Fsp3) is 0.435. The molecule has 3 rings (SSSR count). The number of rotatable bonds is 6. The molecule has 0 bridgehead atoms. The highest BCUT2D eigenvalue weighted by atomic mass is 16.5. The molecule has 0 saturated heterocycles. The molecule has 1 amide bonds. The lowest BCUT2D eigenvalue weighted by molar-refractivity contribution is -0.130. The third-order valence-corrected chi connectivity index (χ3v) is 5.46. The second kappa shape index (κ2) is 9.15. The molecule has 1 aromatic carbocycles.